The Labute approximate surface area is 150 Å². The third-order valence-electron chi connectivity index (χ3n) is 3.58. The molecule has 0 radical (unpaired) electrons. The lowest BCUT2D eigenvalue weighted by Crippen LogP contribution is -2.50. The molecule has 0 aromatic carbocycles. The highest BCUT2D eigenvalue weighted by Crippen LogP contribution is 2.30. The zero-order chi connectivity index (χ0) is 19.7. The Hall–Kier alpha value is -1.96. The number of piperidine rings is 1. The molecule has 2 aliphatic heterocycles. The maximum absolute atomic E-state index is 12.2. The van der Waals surface area contributed by atoms with Gasteiger partial charge in [-0.25, -0.2) is 23.5 Å². The number of carbonyl (C=O) groups is 3. The fraction of sp³-hybridized carbons (Fsp3) is 0.769. The number of carbonyl (C=O) groups excluding carboxylic acids is 3. The lowest BCUT2D eigenvalue weighted by atomic mass is 10.0. The SMILES string of the molecule is CC(C)(C)OC(=O)CONC(=O)[C@@H]1CC[C@@H]2CN1C(=O)N2OS(=O)(=O)[O-]. The van der Waals surface area contributed by atoms with Crippen LogP contribution >= 0.6 is 0 Å². The van der Waals surface area contributed by atoms with Gasteiger partial charge in [0.1, 0.15) is 11.6 Å². The van der Waals surface area contributed by atoms with Gasteiger partial charge in [-0.3, -0.25) is 9.63 Å². The Morgan fingerprint density at radius 2 is 1.96 bits per heavy atom. The number of hydrogen-bond donors (Lipinski definition) is 1. The summed E-state index contributed by atoms with van der Waals surface area (Å²) < 4.78 is 41.3. The van der Waals surface area contributed by atoms with E-state index in [1.807, 2.05) is 0 Å². The molecule has 2 bridgehead atoms. The first kappa shape index (κ1) is 20.4. The normalized spacial score (nSPS) is 23.2. The van der Waals surface area contributed by atoms with Gasteiger partial charge in [0.15, 0.2) is 6.61 Å². The van der Waals surface area contributed by atoms with E-state index in [0.29, 0.717) is 5.06 Å². The van der Waals surface area contributed by atoms with Crippen molar-refractivity contribution < 1.29 is 41.2 Å². The number of hydrogen-bond acceptors (Lipinski definition) is 9. The molecule has 2 heterocycles. The summed E-state index contributed by atoms with van der Waals surface area (Å²) in [4.78, 5) is 41.7. The van der Waals surface area contributed by atoms with Crippen LogP contribution in [-0.4, -0.2) is 71.7 Å². The quantitative estimate of drug-likeness (QED) is 0.259. The highest BCUT2D eigenvalue weighted by molar-refractivity contribution is 7.80. The van der Waals surface area contributed by atoms with Gasteiger partial charge < -0.3 is 14.2 Å². The van der Waals surface area contributed by atoms with Gasteiger partial charge in [-0.1, -0.05) is 0 Å². The standard InChI is InChI=1S/C13H21N3O9S/c1-13(2,3)24-10(17)7-23-14-11(18)9-5-4-8-6-15(9)12(19)16(8)25-26(20,21)22/h8-9H,4-7H2,1-3H3,(H,14,18)(H,20,21,22)/p-1/t8-,9+/m1/s1. The topological polar surface area (TPSA) is 155 Å². The maximum Gasteiger partial charge on any atom is 0.346 e. The Bertz CT molecular complexity index is 687. The number of esters is 1. The van der Waals surface area contributed by atoms with Crippen LogP contribution in [0.2, 0.25) is 0 Å². The lowest BCUT2D eigenvalue weighted by Gasteiger charge is -2.29. The van der Waals surface area contributed by atoms with E-state index in [4.69, 9.17) is 9.57 Å². The maximum atomic E-state index is 12.2. The van der Waals surface area contributed by atoms with E-state index in [9.17, 15) is 27.4 Å². The van der Waals surface area contributed by atoms with E-state index in [1.165, 1.54) is 0 Å². The largest absolute Gasteiger partial charge is 0.724 e. The smallest absolute Gasteiger partial charge is 0.346 e. The number of urea groups is 1. The fourth-order valence-electron chi connectivity index (χ4n) is 2.71. The Morgan fingerprint density at radius 1 is 1.31 bits per heavy atom. The fourth-order valence-corrected chi connectivity index (χ4v) is 3.09. The summed E-state index contributed by atoms with van der Waals surface area (Å²) >= 11 is 0. The lowest BCUT2D eigenvalue weighted by molar-refractivity contribution is -0.165. The van der Waals surface area contributed by atoms with Crippen LogP contribution < -0.4 is 5.48 Å². The number of ether oxygens (including phenoxy) is 1. The van der Waals surface area contributed by atoms with Gasteiger partial charge in [0, 0.05) is 6.54 Å². The number of hydroxylamine groups is 3. The van der Waals surface area contributed by atoms with E-state index >= 15 is 0 Å². The number of rotatable bonds is 6. The van der Waals surface area contributed by atoms with Crippen LogP contribution in [-0.2, 0) is 33.8 Å². The predicted octanol–water partition coefficient (Wildman–Crippen LogP) is -0.964. The molecule has 2 aliphatic rings. The number of nitrogens with one attached hydrogen (secondary N) is 1. The zero-order valence-corrected chi connectivity index (χ0v) is 15.3. The first-order valence-electron chi connectivity index (χ1n) is 7.76. The minimum Gasteiger partial charge on any atom is -0.724 e. The summed E-state index contributed by atoms with van der Waals surface area (Å²) in [7, 11) is -5.10. The van der Waals surface area contributed by atoms with Crippen LogP contribution in [0.3, 0.4) is 0 Å². The third-order valence-corrected chi connectivity index (χ3v) is 3.92. The summed E-state index contributed by atoms with van der Waals surface area (Å²) in [6, 6.07) is -2.49. The van der Waals surface area contributed by atoms with Crippen molar-refractivity contribution >= 4 is 28.3 Å². The van der Waals surface area contributed by atoms with Crippen molar-refractivity contribution in [3.8, 4) is 0 Å². The molecule has 13 heteroatoms. The summed E-state index contributed by atoms with van der Waals surface area (Å²) in [6.45, 7) is 4.54. The zero-order valence-electron chi connectivity index (χ0n) is 14.5. The second-order valence-corrected chi connectivity index (χ2v) is 7.80. The van der Waals surface area contributed by atoms with Gasteiger partial charge in [-0.2, -0.15) is 9.35 Å². The first-order valence-corrected chi connectivity index (χ1v) is 9.09. The van der Waals surface area contributed by atoms with Crippen LogP contribution in [0.4, 0.5) is 4.79 Å². The monoisotopic (exact) mass is 394 g/mol. The van der Waals surface area contributed by atoms with Crippen molar-refractivity contribution in [1.29, 1.82) is 0 Å². The van der Waals surface area contributed by atoms with Crippen LogP contribution in [0, 0.1) is 0 Å². The molecule has 0 saturated carbocycles. The van der Waals surface area contributed by atoms with Gasteiger partial charge in [0.2, 0.25) is 10.4 Å². The van der Waals surface area contributed by atoms with E-state index < -0.39 is 52.6 Å². The minimum absolute atomic E-state index is 0.0263. The number of nitrogens with zero attached hydrogens (tertiary/aromatic N) is 2. The molecule has 0 spiro atoms. The molecule has 2 saturated heterocycles. The summed E-state index contributed by atoms with van der Waals surface area (Å²) in [5, 5.41) is 0.469. The molecular formula is C13H20N3O9S-. The van der Waals surface area contributed by atoms with Crippen LogP contribution in [0.1, 0.15) is 33.6 Å². The van der Waals surface area contributed by atoms with E-state index in [2.05, 4.69) is 9.76 Å². The van der Waals surface area contributed by atoms with Crippen molar-refractivity contribution in [3.63, 3.8) is 0 Å². The average Bonchev–Trinajstić information content (AvgIpc) is 2.69. The Morgan fingerprint density at radius 3 is 2.54 bits per heavy atom. The molecule has 2 rings (SSSR count). The molecule has 0 aliphatic carbocycles. The Balaban J connectivity index is 1.88. The second-order valence-electron chi connectivity index (χ2n) is 6.83. The van der Waals surface area contributed by atoms with Gasteiger partial charge >= 0.3 is 12.0 Å². The van der Waals surface area contributed by atoms with Crippen molar-refractivity contribution in [2.75, 3.05) is 13.2 Å². The van der Waals surface area contributed by atoms with Crippen LogP contribution in [0.25, 0.3) is 0 Å². The van der Waals surface area contributed by atoms with Gasteiger partial charge in [0.25, 0.3) is 5.91 Å². The van der Waals surface area contributed by atoms with Crippen LogP contribution in [0.5, 0.6) is 0 Å². The van der Waals surface area contributed by atoms with E-state index in [1.54, 1.807) is 20.8 Å². The molecule has 148 valence electrons. The molecular weight excluding hydrogens is 374 g/mol. The molecule has 0 unspecified atom stereocenters. The minimum atomic E-state index is -5.10. The molecule has 0 aromatic heterocycles. The van der Waals surface area contributed by atoms with E-state index in [0.717, 1.165) is 4.90 Å². The van der Waals surface area contributed by atoms with Gasteiger partial charge in [0.05, 0.1) is 6.04 Å². The van der Waals surface area contributed by atoms with Crippen molar-refractivity contribution in [2.24, 2.45) is 0 Å². The summed E-state index contributed by atoms with van der Waals surface area (Å²) in [5.74, 6) is -1.37. The first-order chi connectivity index (χ1) is 11.9. The molecule has 3 amide bonds. The third kappa shape index (κ3) is 5.27. The van der Waals surface area contributed by atoms with E-state index in [-0.39, 0.29) is 19.4 Å². The van der Waals surface area contributed by atoms with Crippen molar-refractivity contribution in [3.05, 3.63) is 0 Å². The second kappa shape index (κ2) is 7.34. The molecule has 2 fully saturated rings. The molecule has 12 nitrogen and oxygen atoms in total. The molecule has 2 atom stereocenters. The predicted molar refractivity (Wildman–Crippen MR) is 81.5 cm³/mol. The summed E-state index contributed by atoms with van der Waals surface area (Å²) in [5.41, 5.74) is 1.36. The molecule has 1 N–H and O–H groups in total. The van der Waals surface area contributed by atoms with Crippen LogP contribution in [0.15, 0.2) is 0 Å². The van der Waals surface area contributed by atoms with Gasteiger partial charge in [-0.05, 0) is 33.6 Å². The summed E-state index contributed by atoms with van der Waals surface area (Å²) in [6.07, 6.45) is 0.457. The average molecular weight is 394 g/mol. The highest BCUT2D eigenvalue weighted by atomic mass is 32.3. The van der Waals surface area contributed by atoms with Crippen molar-refractivity contribution in [1.82, 2.24) is 15.4 Å². The van der Waals surface area contributed by atoms with Gasteiger partial charge in [-0.15, -0.1) is 0 Å². The number of fused-ring (bicyclic) bond motifs is 2. The molecule has 0 aromatic rings. The Kier molecular flexibility index (Phi) is 5.75. The van der Waals surface area contributed by atoms with Crippen molar-refractivity contribution in [2.45, 2.75) is 51.3 Å². The highest BCUT2D eigenvalue weighted by Gasteiger charge is 2.48. The molecule has 26 heavy (non-hydrogen) atoms. The number of amides is 3.